The average molecular weight is 256 g/mol. The molecule has 4 nitrogen and oxygen atoms in total. The summed E-state index contributed by atoms with van der Waals surface area (Å²) < 4.78 is 22.4. The Hall–Kier alpha value is -1.07. The van der Waals surface area contributed by atoms with Crippen LogP contribution in [0.5, 0.6) is 0 Å². The fourth-order valence-corrected chi connectivity index (χ4v) is 2.83. The Labute approximate surface area is 103 Å². The van der Waals surface area contributed by atoms with Crippen LogP contribution in [0.15, 0.2) is 24.3 Å². The molecule has 0 amide bonds. The summed E-state index contributed by atoms with van der Waals surface area (Å²) in [4.78, 5) is 2.01. The number of anilines is 1. The molecule has 0 radical (unpaired) electrons. The van der Waals surface area contributed by atoms with E-state index >= 15 is 0 Å². The Balaban J connectivity index is 2.63. The molecule has 0 bridgehead atoms. The van der Waals surface area contributed by atoms with Crippen LogP contribution in [-0.4, -0.2) is 38.4 Å². The van der Waals surface area contributed by atoms with E-state index in [2.05, 4.69) is 0 Å². The van der Waals surface area contributed by atoms with Crippen molar-refractivity contribution >= 4 is 15.5 Å². The van der Waals surface area contributed by atoms with E-state index in [1.54, 1.807) is 0 Å². The van der Waals surface area contributed by atoms with Crippen LogP contribution in [0.2, 0.25) is 0 Å². The Morgan fingerprint density at radius 3 is 2.59 bits per heavy atom. The summed E-state index contributed by atoms with van der Waals surface area (Å²) in [6.45, 7) is 2.61. The maximum Gasteiger partial charge on any atom is 0.148 e. The van der Waals surface area contributed by atoms with Gasteiger partial charge in [0.15, 0.2) is 0 Å². The van der Waals surface area contributed by atoms with E-state index in [0.717, 1.165) is 11.3 Å². The number of rotatable bonds is 5. The molecular weight excluding hydrogens is 236 g/mol. The molecule has 0 aliphatic rings. The third-order valence-corrected chi connectivity index (χ3v) is 3.77. The lowest BCUT2D eigenvalue weighted by Crippen LogP contribution is -2.34. The number of sulfone groups is 1. The van der Waals surface area contributed by atoms with E-state index < -0.39 is 9.84 Å². The lowest BCUT2D eigenvalue weighted by molar-refractivity contribution is 0.267. The first-order valence-electron chi connectivity index (χ1n) is 5.50. The second kappa shape index (κ2) is 5.51. The first-order valence-corrected chi connectivity index (χ1v) is 7.56. The Morgan fingerprint density at radius 1 is 1.41 bits per heavy atom. The van der Waals surface area contributed by atoms with Crippen LogP contribution in [0, 0.1) is 0 Å². The molecule has 1 rings (SSSR count). The van der Waals surface area contributed by atoms with Gasteiger partial charge in [0.25, 0.3) is 0 Å². The highest BCUT2D eigenvalue weighted by Crippen LogP contribution is 2.11. The van der Waals surface area contributed by atoms with Crippen LogP contribution in [0.25, 0.3) is 0 Å². The molecule has 0 fully saturated rings. The third-order valence-electron chi connectivity index (χ3n) is 2.68. The summed E-state index contributed by atoms with van der Waals surface area (Å²) in [6, 6.07) is 7.62. The van der Waals surface area contributed by atoms with Gasteiger partial charge >= 0.3 is 0 Å². The van der Waals surface area contributed by atoms with Gasteiger partial charge in [0.05, 0.1) is 5.75 Å². The van der Waals surface area contributed by atoms with Crippen molar-refractivity contribution in [1.29, 1.82) is 0 Å². The highest BCUT2D eigenvalue weighted by molar-refractivity contribution is 7.90. The molecule has 0 saturated heterocycles. The molecule has 1 aromatic rings. The largest absolute Gasteiger partial charge is 0.399 e. The van der Waals surface area contributed by atoms with Gasteiger partial charge in [0, 0.05) is 24.5 Å². The van der Waals surface area contributed by atoms with Gasteiger partial charge in [-0.05, 0) is 31.7 Å². The van der Waals surface area contributed by atoms with E-state index in [1.807, 2.05) is 43.1 Å². The van der Waals surface area contributed by atoms with Crippen molar-refractivity contribution in [3.63, 3.8) is 0 Å². The Bertz CT molecular complexity index is 471. The van der Waals surface area contributed by atoms with Gasteiger partial charge < -0.3 is 5.73 Å². The summed E-state index contributed by atoms with van der Waals surface area (Å²) in [7, 11) is -1.02. The van der Waals surface area contributed by atoms with Crippen LogP contribution in [-0.2, 0) is 16.4 Å². The van der Waals surface area contributed by atoms with Gasteiger partial charge in [0.2, 0.25) is 0 Å². The molecule has 0 aliphatic heterocycles. The van der Waals surface area contributed by atoms with E-state index in [1.165, 1.54) is 6.26 Å². The molecule has 5 heteroatoms. The number of hydrogen-bond acceptors (Lipinski definition) is 4. The van der Waals surface area contributed by atoms with Crippen LogP contribution in [0.1, 0.15) is 12.5 Å². The zero-order valence-corrected chi connectivity index (χ0v) is 11.4. The van der Waals surface area contributed by atoms with Crippen molar-refractivity contribution in [2.45, 2.75) is 19.5 Å². The Morgan fingerprint density at radius 2 is 2.06 bits per heavy atom. The van der Waals surface area contributed by atoms with Gasteiger partial charge in [-0.2, -0.15) is 0 Å². The quantitative estimate of drug-likeness (QED) is 0.802. The molecule has 0 heterocycles. The standard InChI is InChI=1S/C12H20N2O2S/c1-10(9-17(3,15)16)14(2)8-11-5-4-6-12(13)7-11/h4-7,10H,8-9,13H2,1-3H3. The predicted octanol–water partition coefficient (Wildman–Crippen LogP) is 1.13. The summed E-state index contributed by atoms with van der Waals surface area (Å²) >= 11 is 0. The van der Waals surface area contributed by atoms with Gasteiger partial charge in [0.1, 0.15) is 9.84 Å². The van der Waals surface area contributed by atoms with Crippen LogP contribution in [0.3, 0.4) is 0 Å². The molecule has 0 aliphatic carbocycles. The summed E-state index contributed by atoms with van der Waals surface area (Å²) in [5.41, 5.74) is 7.52. The topological polar surface area (TPSA) is 63.4 Å². The van der Waals surface area contributed by atoms with Gasteiger partial charge in [-0.3, -0.25) is 4.90 Å². The molecule has 0 spiro atoms. The molecule has 1 atom stereocenters. The highest BCUT2D eigenvalue weighted by atomic mass is 32.2. The van der Waals surface area contributed by atoms with Gasteiger partial charge in [-0.25, -0.2) is 8.42 Å². The smallest absolute Gasteiger partial charge is 0.148 e. The maximum absolute atomic E-state index is 11.2. The molecule has 1 unspecified atom stereocenters. The molecule has 1 aromatic carbocycles. The summed E-state index contributed by atoms with van der Waals surface area (Å²) in [6.07, 6.45) is 1.26. The van der Waals surface area contributed by atoms with E-state index in [-0.39, 0.29) is 11.8 Å². The van der Waals surface area contributed by atoms with Crippen molar-refractivity contribution in [2.24, 2.45) is 0 Å². The molecule has 0 saturated carbocycles. The zero-order chi connectivity index (χ0) is 13.1. The van der Waals surface area contributed by atoms with Gasteiger partial charge in [-0.15, -0.1) is 0 Å². The molecule has 2 N–H and O–H groups in total. The molecular formula is C12H20N2O2S. The molecule has 0 aromatic heterocycles. The Kier molecular flexibility index (Phi) is 4.54. The highest BCUT2D eigenvalue weighted by Gasteiger charge is 2.15. The van der Waals surface area contributed by atoms with Crippen LogP contribution < -0.4 is 5.73 Å². The van der Waals surface area contributed by atoms with Crippen molar-refractivity contribution in [1.82, 2.24) is 4.90 Å². The fraction of sp³-hybridized carbons (Fsp3) is 0.500. The lowest BCUT2D eigenvalue weighted by Gasteiger charge is -2.24. The first kappa shape index (κ1) is 14.0. The second-order valence-corrected chi connectivity index (χ2v) is 6.79. The average Bonchev–Trinajstić information content (AvgIpc) is 2.14. The number of benzene rings is 1. The second-order valence-electron chi connectivity index (χ2n) is 4.60. The number of nitrogens with zero attached hydrogens (tertiary/aromatic N) is 1. The van der Waals surface area contributed by atoms with E-state index in [4.69, 9.17) is 5.73 Å². The molecule has 96 valence electrons. The number of hydrogen-bond donors (Lipinski definition) is 1. The normalized spacial score (nSPS) is 13.9. The van der Waals surface area contributed by atoms with Crippen molar-refractivity contribution in [3.8, 4) is 0 Å². The number of nitrogen functional groups attached to an aromatic ring is 1. The van der Waals surface area contributed by atoms with Gasteiger partial charge in [-0.1, -0.05) is 12.1 Å². The van der Waals surface area contributed by atoms with Crippen molar-refractivity contribution in [2.75, 3.05) is 24.8 Å². The van der Waals surface area contributed by atoms with Crippen molar-refractivity contribution < 1.29 is 8.42 Å². The fourth-order valence-electron chi connectivity index (χ4n) is 1.70. The minimum atomic E-state index is -2.94. The zero-order valence-electron chi connectivity index (χ0n) is 10.6. The van der Waals surface area contributed by atoms with E-state index in [0.29, 0.717) is 6.54 Å². The molecule has 17 heavy (non-hydrogen) atoms. The number of nitrogens with two attached hydrogens (primary N) is 1. The SMILES string of the molecule is CC(CS(C)(=O)=O)N(C)Cc1cccc(N)c1. The minimum absolute atomic E-state index is 0.00793. The van der Waals surface area contributed by atoms with E-state index in [9.17, 15) is 8.42 Å². The van der Waals surface area contributed by atoms with Crippen LogP contribution in [0.4, 0.5) is 5.69 Å². The first-order chi connectivity index (χ1) is 7.78. The summed E-state index contributed by atoms with van der Waals surface area (Å²) in [5, 5.41) is 0. The predicted molar refractivity (Wildman–Crippen MR) is 71.5 cm³/mol. The lowest BCUT2D eigenvalue weighted by atomic mass is 10.2. The maximum atomic E-state index is 11.2. The third kappa shape index (κ3) is 5.19. The monoisotopic (exact) mass is 256 g/mol. The minimum Gasteiger partial charge on any atom is -0.399 e. The van der Waals surface area contributed by atoms with Crippen molar-refractivity contribution in [3.05, 3.63) is 29.8 Å². The van der Waals surface area contributed by atoms with Crippen LogP contribution >= 0.6 is 0 Å². The summed E-state index contributed by atoms with van der Waals surface area (Å²) in [5.74, 6) is 0.172.